The number of amides is 1. The van der Waals surface area contributed by atoms with Gasteiger partial charge in [0.05, 0.1) is 19.1 Å². The Morgan fingerprint density at radius 3 is 2.50 bits per heavy atom. The highest BCUT2D eigenvalue weighted by Crippen LogP contribution is 2.23. The number of carbonyl (C=O) groups excluding carboxylic acids is 2. The van der Waals surface area contributed by atoms with Gasteiger partial charge in [0.1, 0.15) is 11.5 Å². The van der Waals surface area contributed by atoms with E-state index in [1.165, 1.54) is 0 Å². The number of benzene rings is 2. The van der Waals surface area contributed by atoms with E-state index in [4.69, 9.17) is 9.47 Å². The van der Waals surface area contributed by atoms with E-state index >= 15 is 0 Å². The second-order valence-corrected chi connectivity index (χ2v) is 6.81. The van der Waals surface area contributed by atoms with E-state index in [9.17, 15) is 9.59 Å². The summed E-state index contributed by atoms with van der Waals surface area (Å²) in [5.41, 5.74) is 0.712. The molecule has 1 aliphatic rings. The number of piperidine rings is 1. The molecule has 148 valence electrons. The predicted octanol–water partition coefficient (Wildman–Crippen LogP) is 3.69. The number of anilines is 1. The molecular weight excluding hydrogens is 356 g/mol. The number of para-hydroxylation sites is 1. The topological polar surface area (TPSA) is 67.9 Å². The largest absolute Gasteiger partial charge is 0.466 e. The van der Waals surface area contributed by atoms with E-state index in [0.717, 1.165) is 25.1 Å². The first kappa shape index (κ1) is 19.9. The SMILES string of the molecule is CCOC(=O)C1CCCN(CC(=O)Nc2ccc(Oc3ccccc3)cc2)C1. The number of carbonyl (C=O) groups is 2. The van der Waals surface area contributed by atoms with Crippen molar-refractivity contribution in [3.05, 3.63) is 54.6 Å². The lowest BCUT2D eigenvalue weighted by molar-refractivity contribution is -0.150. The minimum Gasteiger partial charge on any atom is -0.466 e. The Bertz CT molecular complexity index is 777. The Kier molecular flexibility index (Phi) is 7.03. The summed E-state index contributed by atoms with van der Waals surface area (Å²) < 4.78 is 10.9. The molecule has 1 aliphatic heterocycles. The van der Waals surface area contributed by atoms with E-state index in [1.807, 2.05) is 66.4 Å². The molecule has 28 heavy (non-hydrogen) atoms. The van der Waals surface area contributed by atoms with Crippen LogP contribution in [0.5, 0.6) is 11.5 Å². The Balaban J connectivity index is 1.48. The summed E-state index contributed by atoms with van der Waals surface area (Å²) in [7, 11) is 0. The van der Waals surface area contributed by atoms with E-state index in [-0.39, 0.29) is 24.3 Å². The highest BCUT2D eigenvalue weighted by molar-refractivity contribution is 5.92. The maximum absolute atomic E-state index is 12.4. The van der Waals surface area contributed by atoms with Gasteiger partial charge in [-0.05, 0) is 62.7 Å². The fraction of sp³-hybridized carbons (Fsp3) is 0.364. The lowest BCUT2D eigenvalue weighted by atomic mass is 9.98. The molecule has 1 saturated heterocycles. The molecule has 3 rings (SSSR count). The zero-order valence-corrected chi connectivity index (χ0v) is 16.1. The first-order valence-corrected chi connectivity index (χ1v) is 9.66. The second-order valence-electron chi connectivity index (χ2n) is 6.81. The molecule has 6 heteroatoms. The molecule has 0 aromatic heterocycles. The molecule has 0 saturated carbocycles. The van der Waals surface area contributed by atoms with Crippen LogP contribution in [0.2, 0.25) is 0 Å². The van der Waals surface area contributed by atoms with Crippen molar-refractivity contribution >= 4 is 17.6 Å². The molecule has 1 atom stereocenters. The summed E-state index contributed by atoms with van der Waals surface area (Å²) in [6, 6.07) is 16.8. The van der Waals surface area contributed by atoms with Gasteiger partial charge in [0, 0.05) is 12.2 Å². The van der Waals surface area contributed by atoms with Crippen LogP contribution in [0.3, 0.4) is 0 Å². The quantitative estimate of drug-likeness (QED) is 0.740. The molecule has 0 spiro atoms. The Labute approximate surface area is 165 Å². The Morgan fingerprint density at radius 1 is 1.07 bits per heavy atom. The average Bonchev–Trinajstić information content (AvgIpc) is 2.70. The van der Waals surface area contributed by atoms with Gasteiger partial charge in [-0.25, -0.2) is 0 Å². The molecule has 1 amide bonds. The van der Waals surface area contributed by atoms with Gasteiger partial charge in [-0.3, -0.25) is 14.5 Å². The third kappa shape index (κ3) is 5.82. The smallest absolute Gasteiger partial charge is 0.310 e. The minimum atomic E-state index is -0.165. The monoisotopic (exact) mass is 382 g/mol. The van der Waals surface area contributed by atoms with Crippen LogP contribution in [0.1, 0.15) is 19.8 Å². The van der Waals surface area contributed by atoms with Crippen molar-refractivity contribution in [2.24, 2.45) is 5.92 Å². The third-order valence-corrected chi connectivity index (χ3v) is 4.61. The van der Waals surface area contributed by atoms with Gasteiger partial charge in [0.15, 0.2) is 0 Å². The highest BCUT2D eigenvalue weighted by atomic mass is 16.5. The fourth-order valence-electron chi connectivity index (χ4n) is 3.29. The van der Waals surface area contributed by atoms with Crippen molar-refractivity contribution in [1.82, 2.24) is 4.90 Å². The van der Waals surface area contributed by atoms with Crippen LogP contribution in [-0.2, 0) is 14.3 Å². The lowest BCUT2D eigenvalue weighted by Crippen LogP contribution is -2.43. The van der Waals surface area contributed by atoms with Gasteiger partial charge in [-0.1, -0.05) is 18.2 Å². The van der Waals surface area contributed by atoms with Crippen LogP contribution in [0.25, 0.3) is 0 Å². The molecular formula is C22H26N2O4. The van der Waals surface area contributed by atoms with Gasteiger partial charge in [-0.15, -0.1) is 0 Å². The van der Waals surface area contributed by atoms with Crippen LogP contribution in [-0.4, -0.2) is 43.0 Å². The fourth-order valence-corrected chi connectivity index (χ4v) is 3.29. The number of rotatable bonds is 7. The molecule has 6 nitrogen and oxygen atoms in total. The van der Waals surface area contributed by atoms with Crippen LogP contribution in [0, 0.1) is 5.92 Å². The lowest BCUT2D eigenvalue weighted by Gasteiger charge is -2.30. The Hall–Kier alpha value is -2.86. The number of hydrogen-bond acceptors (Lipinski definition) is 5. The second kappa shape index (κ2) is 9.90. The predicted molar refractivity (Wildman–Crippen MR) is 107 cm³/mol. The summed E-state index contributed by atoms with van der Waals surface area (Å²) in [6.45, 7) is 3.84. The number of nitrogens with zero attached hydrogens (tertiary/aromatic N) is 1. The average molecular weight is 382 g/mol. The molecule has 1 N–H and O–H groups in total. The molecule has 0 bridgehead atoms. The molecule has 2 aromatic rings. The van der Waals surface area contributed by atoms with Gasteiger partial charge in [0.25, 0.3) is 0 Å². The van der Waals surface area contributed by atoms with Crippen molar-refractivity contribution in [1.29, 1.82) is 0 Å². The van der Waals surface area contributed by atoms with E-state index in [1.54, 1.807) is 0 Å². The van der Waals surface area contributed by atoms with Crippen molar-refractivity contribution in [3.63, 3.8) is 0 Å². The van der Waals surface area contributed by atoms with Crippen molar-refractivity contribution in [2.75, 3.05) is 31.6 Å². The van der Waals surface area contributed by atoms with Crippen molar-refractivity contribution < 1.29 is 19.1 Å². The number of nitrogens with one attached hydrogen (secondary N) is 1. The number of esters is 1. The van der Waals surface area contributed by atoms with Crippen LogP contribution in [0.15, 0.2) is 54.6 Å². The summed E-state index contributed by atoms with van der Waals surface area (Å²) >= 11 is 0. The maximum atomic E-state index is 12.4. The summed E-state index contributed by atoms with van der Waals surface area (Å²) in [4.78, 5) is 26.3. The Morgan fingerprint density at radius 2 is 1.79 bits per heavy atom. The number of likely N-dealkylation sites (tertiary alicyclic amines) is 1. The van der Waals surface area contributed by atoms with E-state index < -0.39 is 0 Å². The van der Waals surface area contributed by atoms with Gasteiger partial charge in [0.2, 0.25) is 5.91 Å². The summed E-state index contributed by atoms with van der Waals surface area (Å²) in [6.07, 6.45) is 1.71. The first-order chi connectivity index (χ1) is 13.6. The highest BCUT2D eigenvalue weighted by Gasteiger charge is 2.27. The van der Waals surface area contributed by atoms with Crippen LogP contribution >= 0.6 is 0 Å². The summed E-state index contributed by atoms with van der Waals surface area (Å²) in [5, 5.41) is 2.90. The first-order valence-electron chi connectivity index (χ1n) is 9.66. The van der Waals surface area contributed by atoms with E-state index in [0.29, 0.717) is 24.6 Å². The zero-order valence-electron chi connectivity index (χ0n) is 16.1. The van der Waals surface area contributed by atoms with Gasteiger partial charge in [-0.2, -0.15) is 0 Å². The molecule has 1 heterocycles. The van der Waals surface area contributed by atoms with Crippen LogP contribution in [0.4, 0.5) is 5.69 Å². The van der Waals surface area contributed by atoms with Gasteiger partial charge >= 0.3 is 5.97 Å². The molecule has 0 aliphatic carbocycles. The molecule has 1 fully saturated rings. The third-order valence-electron chi connectivity index (χ3n) is 4.61. The molecule has 0 radical (unpaired) electrons. The number of hydrogen-bond donors (Lipinski definition) is 1. The van der Waals surface area contributed by atoms with Gasteiger partial charge < -0.3 is 14.8 Å². The van der Waals surface area contributed by atoms with E-state index in [2.05, 4.69) is 5.32 Å². The molecule has 1 unspecified atom stereocenters. The number of ether oxygens (including phenoxy) is 2. The van der Waals surface area contributed by atoms with Crippen molar-refractivity contribution in [3.8, 4) is 11.5 Å². The maximum Gasteiger partial charge on any atom is 0.310 e. The van der Waals surface area contributed by atoms with Crippen LogP contribution < -0.4 is 10.1 Å². The normalized spacial score (nSPS) is 17.0. The standard InChI is InChI=1S/C22H26N2O4/c1-2-27-22(26)17-7-6-14-24(15-17)16-21(25)23-18-10-12-20(13-11-18)28-19-8-4-3-5-9-19/h3-5,8-13,17H,2,6-7,14-16H2,1H3,(H,23,25). The molecule has 2 aromatic carbocycles. The summed E-state index contributed by atoms with van der Waals surface area (Å²) in [5.74, 6) is 1.07. The zero-order chi connectivity index (χ0) is 19.8. The minimum absolute atomic E-state index is 0.0961. The van der Waals surface area contributed by atoms with Crippen molar-refractivity contribution in [2.45, 2.75) is 19.8 Å².